The van der Waals surface area contributed by atoms with E-state index in [1.165, 1.54) is 11.3 Å². The van der Waals surface area contributed by atoms with Crippen molar-refractivity contribution in [2.24, 2.45) is 5.92 Å². The quantitative estimate of drug-likeness (QED) is 0.825. The van der Waals surface area contributed by atoms with Crippen LogP contribution in [-0.4, -0.2) is 46.4 Å². The minimum atomic E-state index is -0.161. The highest BCUT2D eigenvalue weighted by atomic mass is 32.1. The van der Waals surface area contributed by atoms with E-state index in [-0.39, 0.29) is 17.8 Å². The number of amides is 1. The van der Waals surface area contributed by atoms with Crippen LogP contribution in [0.5, 0.6) is 0 Å². The van der Waals surface area contributed by atoms with E-state index >= 15 is 0 Å². The highest BCUT2D eigenvalue weighted by molar-refractivity contribution is 7.14. The van der Waals surface area contributed by atoms with E-state index in [4.69, 9.17) is 4.74 Å². The number of hydrogen-bond acceptors (Lipinski definition) is 7. The second-order valence-electron chi connectivity index (χ2n) is 5.72. The van der Waals surface area contributed by atoms with Gasteiger partial charge >= 0.3 is 5.97 Å². The molecule has 1 aliphatic heterocycles. The Morgan fingerprint density at radius 1 is 1.40 bits per heavy atom. The van der Waals surface area contributed by atoms with Crippen LogP contribution in [0.4, 0.5) is 10.8 Å². The summed E-state index contributed by atoms with van der Waals surface area (Å²) in [5.41, 5.74) is 1.25. The maximum Gasteiger partial charge on any atom is 0.309 e. The summed E-state index contributed by atoms with van der Waals surface area (Å²) in [6, 6.07) is 3.71. The Kier molecular flexibility index (Phi) is 5.60. The topological polar surface area (TPSA) is 84.4 Å². The predicted octanol–water partition coefficient (Wildman–Crippen LogP) is 2.70. The first-order valence-corrected chi connectivity index (χ1v) is 9.14. The third kappa shape index (κ3) is 4.33. The van der Waals surface area contributed by atoms with Crippen molar-refractivity contribution < 1.29 is 14.3 Å². The minimum Gasteiger partial charge on any atom is -0.466 e. The van der Waals surface area contributed by atoms with E-state index in [9.17, 15) is 9.59 Å². The predicted molar refractivity (Wildman–Crippen MR) is 94.9 cm³/mol. The molecule has 0 spiro atoms. The van der Waals surface area contributed by atoms with Crippen LogP contribution >= 0.6 is 11.3 Å². The number of hydrogen-bond donors (Lipinski definition) is 1. The largest absolute Gasteiger partial charge is 0.466 e. The Bertz CT molecular complexity index is 727. The number of esters is 1. The number of anilines is 2. The van der Waals surface area contributed by atoms with Crippen molar-refractivity contribution in [3.8, 4) is 0 Å². The van der Waals surface area contributed by atoms with Gasteiger partial charge in [-0.3, -0.25) is 14.6 Å². The number of pyridine rings is 1. The number of nitrogens with one attached hydrogen (secondary N) is 1. The fourth-order valence-corrected chi connectivity index (χ4v) is 3.43. The van der Waals surface area contributed by atoms with Crippen LogP contribution < -0.4 is 5.32 Å². The van der Waals surface area contributed by atoms with Crippen molar-refractivity contribution in [2.75, 3.05) is 25.0 Å². The van der Waals surface area contributed by atoms with Gasteiger partial charge < -0.3 is 15.0 Å². The monoisotopic (exact) mass is 360 g/mol. The summed E-state index contributed by atoms with van der Waals surface area (Å²) < 4.78 is 5.06. The van der Waals surface area contributed by atoms with E-state index in [2.05, 4.69) is 15.3 Å². The summed E-state index contributed by atoms with van der Waals surface area (Å²) in [6.45, 7) is 3.29. The number of nitrogens with zero attached hydrogens (tertiary/aromatic N) is 3. The molecular formula is C17H20N4O3S. The van der Waals surface area contributed by atoms with Crippen molar-refractivity contribution >= 4 is 34.0 Å². The Labute approximate surface area is 150 Å². The molecule has 2 aromatic rings. The molecule has 132 valence electrons. The van der Waals surface area contributed by atoms with Crippen molar-refractivity contribution in [1.29, 1.82) is 0 Å². The van der Waals surface area contributed by atoms with Crippen molar-refractivity contribution in [3.63, 3.8) is 0 Å². The molecule has 1 fully saturated rings. The van der Waals surface area contributed by atoms with E-state index in [0.717, 1.165) is 5.69 Å². The van der Waals surface area contributed by atoms with Gasteiger partial charge in [0.15, 0.2) is 5.13 Å². The second kappa shape index (κ2) is 8.06. The standard InChI is InChI=1S/C17H20N4O3S/c1-2-24-16(23)12-5-8-21(9-6-12)15(22)14-11-25-17(20-14)19-13-4-3-7-18-10-13/h3-4,7,10-12H,2,5-6,8-9H2,1H3,(H,19,20). The zero-order valence-electron chi connectivity index (χ0n) is 14.0. The molecule has 3 heterocycles. The maximum atomic E-state index is 12.6. The van der Waals surface area contributed by atoms with E-state index in [1.807, 2.05) is 12.1 Å². The molecule has 0 atom stereocenters. The Hall–Kier alpha value is -2.48. The number of thiazole rings is 1. The van der Waals surface area contributed by atoms with Gasteiger partial charge in [-0.05, 0) is 31.9 Å². The van der Waals surface area contributed by atoms with E-state index in [0.29, 0.717) is 43.4 Å². The molecule has 8 heteroatoms. The molecule has 1 saturated heterocycles. The van der Waals surface area contributed by atoms with Crippen LogP contribution in [0.25, 0.3) is 0 Å². The van der Waals surface area contributed by atoms with Crippen LogP contribution in [0, 0.1) is 5.92 Å². The van der Waals surface area contributed by atoms with Gasteiger partial charge in [-0.2, -0.15) is 0 Å². The molecular weight excluding hydrogens is 340 g/mol. The molecule has 1 N–H and O–H groups in total. The van der Waals surface area contributed by atoms with Gasteiger partial charge in [0.05, 0.1) is 24.4 Å². The smallest absolute Gasteiger partial charge is 0.309 e. The molecule has 0 aromatic carbocycles. The lowest BCUT2D eigenvalue weighted by Crippen LogP contribution is -2.40. The van der Waals surface area contributed by atoms with Crippen molar-refractivity contribution in [1.82, 2.24) is 14.9 Å². The molecule has 0 aliphatic carbocycles. The number of ether oxygens (including phenoxy) is 1. The fraction of sp³-hybridized carbons (Fsp3) is 0.412. The molecule has 1 amide bonds. The number of rotatable bonds is 5. The number of carbonyl (C=O) groups is 2. The van der Waals surface area contributed by atoms with Gasteiger partial charge in [0.25, 0.3) is 5.91 Å². The molecule has 3 rings (SSSR count). The zero-order valence-corrected chi connectivity index (χ0v) is 14.8. The first kappa shape index (κ1) is 17.3. The lowest BCUT2D eigenvalue weighted by atomic mass is 9.97. The Morgan fingerprint density at radius 3 is 2.88 bits per heavy atom. The fourth-order valence-electron chi connectivity index (χ4n) is 2.73. The second-order valence-corrected chi connectivity index (χ2v) is 6.58. The highest BCUT2D eigenvalue weighted by Crippen LogP contribution is 2.24. The molecule has 2 aromatic heterocycles. The van der Waals surface area contributed by atoms with Crippen molar-refractivity contribution in [3.05, 3.63) is 35.6 Å². The maximum absolute atomic E-state index is 12.6. The Balaban J connectivity index is 1.56. The van der Waals surface area contributed by atoms with Gasteiger partial charge in [-0.1, -0.05) is 0 Å². The molecule has 0 unspecified atom stereocenters. The van der Waals surface area contributed by atoms with Crippen molar-refractivity contribution in [2.45, 2.75) is 19.8 Å². The summed E-state index contributed by atoms with van der Waals surface area (Å²) >= 11 is 1.38. The molecule has 25 heavy (non-hydrogen) atoms. The highest BCUT2D eigenvalue weighted by Gasteiger charge is 2.29. The third-order valence-electron chi connectivity index (χ3n) is 4.04. The number of piperidine rings is 1. The first-order chi connectivity index (χ1) is 12.2. The molecule has 7 nitrogen and oxygen atoms in total. The summed E-state index contributed by atoms with van der Waals surface area (Å²) in [6.07, 6.45) is 4.66. The number of likely N-dealkylation sites (tertiary alicyclic amines) is 1. The summed E-state index contributed by atoms with van der Waals surface area (Å²) in [5.74, 6) is -0.369. The SMILES string of the molecule is CCOC(=O)C1CCN(C(=O)c2csc(Nc3cccnc3)n2)CC1. The average Bonchev–Trinajstić information content (AvgIpc) is 3.11. The first-order valence-electron chi connectivity index (χ1n) is 8.26. The lowest BCUT2D eigenvalue weighted by molar-refractivity contribution is -0.149. The van der Waals surface area contributed by atoms with Gasteiger partial charge in [0.2, 0.25) is 0 Å². The van der Waals surface area contributed by atoms with Crippen LogP contribution in [-0.2, 0) is 9.53 Å². The van der Waals surface area contributed by atoms with Crippen LogP contribution in [0.3, 0.4) is 0 Å². The van der Waals surface area contributed by atoms with Gasteiger partial charge in [0, 0.05) is 24.7 Å². The van der Waals surface area contributed by atoms with Crippen LogP contribution in [0.2, 0.25) is 0 Å². The summed E-state index contributed by atoms with van der Waals surface area (Å²) in [5, 5.41) is 5.53. The molecule has 0 bridgehead atoms. The molecule has 1 aliphatic rings. The third-order valence-corrected chi connectivity index (χ3v) is 4.80. The molecule has 0 saturated carbocycles. The zero-order chi connectivity index (χ0) is 17.6. The lowest BCUT2D eigenvalue weighted by Gasteiger charge is -2.30. The van der Waals surface area contributed by atoms with Gasteiger partial charge in [-0.25, -0.2) is 4.98 Å². The average molecular weight is 360 g/mol. The van der Waals surface area contributed by atoms with E-state index < -0.39 is 0 Å². The van der Waals surface area contributed by atoms with E-state index in [1.54, 1.807) is 29.6 Å². The Morgan fingerprint density at radius 2 is 2.20 bits per heavy atom. The minimum absolute atomic E-state index is 0.0993. The van der Waals surface area contributed by atoms with Crippen LogP contribution in [0.15, 0.2) is 29.9 Å². The number of aromatic nitrogens is 2. The summed E-state index contributed by atoms with van der Waals surface area (Å²) in [7, 11) is 0. The summed E-state index contributed by atoms with van der Waals surface area (Å²) in [4.78, 5) is 34.5. The molecule has 0 radical (unpaired) electrons. The van der Waals surface area contributed by atoms with Gasteiger partial charge in [0.1, 0.15) is 5.69 Å². The number of carbonyl (C=O) groups excluding carboxylic acids is 2. The van der Waals surface area contributed by atoms with Crippen LogP contribution in [0.1, 0.15) is 30.3 Å². The normalized spacial score (nSPS) is 15.0. The van der Waals surface area contributed by atoms with Gasteiger partial charge in [-0.15, -0.1) is 11.3 Å².